The van der Waals surface area contributed by atoms with Crippen LogP contribution in [-0.2, 0) is 70.8 Å². The van der Waals surface area contributed by atoms with Crippen LogP contribution in [-0.4, -0.2) is 165 Å². The number of benzene rings is 2. The van der Waals surface area contributed by atoms with Gasteiger partial charge in [0.1, 0.15) is 12.6 Å². The number of amides is 8. The number of hydrogen-bond acceptors (Lipinski definition) is 15. The summed E-state index contributed by atoms with van der Waals surface area (Å²) >= 11 is 0. The van der Waals surface area contributed by atoms with Crippen LogP contribution in [0, 0.1) is 41.4 Å². The van der Waals surface area contributed by atoms with Crippen LogP contribution in [0.15, 0.2) is 54.6 Å². The van der Waals surface area contributed by atoms with Crippen molar-refractivity contribution in [2.24, 2.45) is 52.9 Å². The molecule has 2 aromatic carbocycles. The maximum atomic E-state index is 14.9. The number of primary amides is 1. The average Bonchev–Trinajstić information content (AvgIpc) is 2.05. The molecule has 1 aliphatic carbocycles. The second kappa shape index (κ2) is 35.8. The number of nitrogens with zero attached hydrogens (tertiary/aromatic N) is 3. The summed E-state index contributed by atoms with van der Waals surface area (Å²) in [6.07, 6.45) is 2.40. The van der Waals surface area contributed by atoms with E-state index in [1.807, 2.05) is 61.5 Å². The molecule has 1 aliphatic heterocycles. The highest BCUT2D eigenvalue weighted by Crippen LogP contribution is 2.32. The van der Waals surface area contributed by atoms with Gasteiger partial charge in [-0.3, -0.25) is 38.3 Å². The summed E-state index contributed by atoms with van der Waals surface area (Å²) in [5.41, 5.74) is 13.1. The number of hydrogen-bond donors (Lipinski definition) is 6. The molecule has 0 aromatic heterocycles. The van der Waals surface area contributed by atoms with Crippen molar-refractivity contribution in [1.82, 2.24) is 30.1 Å². The van der Waals surface area contributed by atoms with Gasteiger partial charge < -0.3 is 56.3 Å². The van der Waals surface area contributed by atoms with Gasteiger partial charge in [-0.15, -0.1) is 0 Å². The third-order valence-corrected chi connectivity index (χ3v) is 19.4. The van der Waals surface area contributed by atoms with Gasteiger partial charge in [-0.2, -0.15) is 0 Å². The Balaban J connectivity index is 1.42. The normalized spacial score (nSPS) is 17.7. The molecule has 23 nitrogen and oxygen atoms in total. The van der Waals surface area contributed by atoms with Crippen LogP contribution in [0.5, 0.6) is 0 Å². The number of carbonyl (C=O) groups is 9. The Morgan fingerprint density at radius 1 is 0.730 bits per heavy atom. The van der Waals surface area contributed by atoms with Gasteiger partial charge in [-0.25, -0.2) is 18.0 Å². The Bertz CT molecular complexity index is 2780. The smallest absolute Gasteiger partial charge is 0.410 e. The number of nitrogens with one attached hydrogen (secondary N) is 4. The SMILES string of the molecule is CC[C@H](C)[C@@H]([C@@H](CC(=O)N1CCC[C@H]1[C@H](OC)[C@@H](C)C(=O)N[C@@H](Cc1ccccc1)C(=O)NS(=O)(=O)C1CC1)OC)N(C)C(=O)[C@@H](CC(=O)[C@H](C(C)C)N(C)C(=O)OCc1ccc(NC(=O)[C@H](CCCCCNC(N)=O)CC(=O)[C@@H](N)C(C)C)cc1)C(C)C. The van der Waals surface area contributed by atoms with Crippen molar-refractivity contribution in [1.29, 1.82) is 0 Å². The van der Waals surface area contributed by atoms with E-state index >= 15 is 0 Å². The summed E-state index contributed by atoms with van der Waals surface area (Å²) in [5.74, 6) is -6.19. The van der Waals surface area contributed by atoms with Crippen LogP contribution in [0.3, 0.4) is 0 Å². The van der Waals surface area contributed by atoms with Gasteiger partial charge in [0.15, 0.2) is 11.6 Å². The van der Waals surface area contributed by atoms with Crippen LogP contribution >= 0.6 is 0 Å². The van der Waals surface area contributed by atoms with E-state index in [4.69, 9.17) is 25.7 Å². The quantitative estimate of drug-likeness (QED) is 0.0391. The number of methoxy groups -OCH3 is 2. The second-order valence-electron chi connectivity index (χ2n) is 25.4. The van der Waals surface area contributed by atoms with Gasteiger partial charge in [-0.05, 0) is 85.5 Å². The van der Waals surface area contributed by atoms with E-state index in [0.29, 0.717) is 87.7 Å². The molecule has 11 atom stereocenters. The zero-order chi connectivity index (χ0) is 66.4. The fourth-order valence-corrected chi connectivity index (χ4v) is 13.2. The molecule has 89 heavy (non-hydrogen) atoms. The van der Waals surface area contributed by atoms with E-state index in [0.717, 1.165) is 0 Å². The van der Waals surface area contributed by atoms with Gasteiger partial charge in [-0.1, -0.05) is 124 Å². The van der Waals surface area contributed by atoms with Crippen molar-refractivity contribution in [3.63, 3.8) is 0 Å². The molecule has 0 bridgehead atoms. The highest BCUT2D eigenvalue weighted by molar-refractivity contribution is 7.90. The molecule has 1 heterocycles. The highest BCUT2D eigenvalue weighted by atomic mass is 32.2. The highest BCUT2D eigenvalue weighted by Gasteiger charge is 2.45. The predicted molar refractivity (Wildman–Crippen MR) is 340 cm³/mol. The van der Waals surface area contributed by atoms with E-state index in [2.05, 4.69) is 20.7 Å². The van der Waals surface area contributed by atoms with Gasteiger partial charge in [0, 0.05) is 78.2 Å². The summed E-state index contributed by atoms with van der Waals surface area (Å²) in [7, 11) is 2.18. The molecule has 8 N–H and O–H groups in total. The number of ketones is 2. The fourth-order valence-electron chi connectivity index (χ4n) is 11.9. The predicted octanol–water partition coefficient (Wildman–Crippen LogP) is 6.49. The number of urea groups is 1. The lowest BCUT2D eigenvalue weighted by Crippen LogP contribution is -2.55. The first kappa shape index (κ1) is 75.0. The van der Waals surface area contributed by atoms with Crippen molar-refractivity contribution >= 4 is 68.9 Å². The number of ether oxygens (including phenoxy) is 3. The lowest BCUT2D eigenvalue weighted by atomic mass is 9.83. The minimum Gasteiger partial charge on any atom is -0.445 e. The lowest BCUT2D eigenvalue weighted by molar-refractivity contribution is -0.149. The van der Waals surface area contributed by atoms with Crippen molar-refractivity contribution in [3.05, 3.63) is 65.7 Å². The first-order valence-electron chi connectivity index (χ1n) is 31.6. The third kappa shape index (κ3) is 22.4. The Hall–Kier alpha value is -6.50. The van der Waals surface area contributed by atoms with E-state index in [1.165, 1.54) is 26.2 Å². The number of carbonyl (C=O) groups excluding carboxylic acids is 9. The van der Waals surface area contributed by atoms with E-state index < -0.39 is 99.4 Å². The lowest BCUT2D eigenvalue weighted by Gasteiger charge is -2.41. The molecule has 498 valence electrons. The standard InChI is InChI=1S/C65H103N9O14S/c1-14-42(8)58(54(86-12)37-55(77)74-33-21-25-51(74)59(87-13)43(9)60(78)70-50(34-44-22-17-15-18-23-44)62(80)71-89(84,85)48-30-31-48)72(10)63(81)49(39(2)3)36-53(76)57(41(6)7)73(11)65(83)88-38-45-26-28-47(29-27-45)69-61(79)46(35-52(75)56(66)40(4)5)24-19-16-20-32-68-64(67)82/h15,17-18,22-23,26-29,39-43,46,48-51,54,56-59H,14,16,19-21,24-25,30-38,66H2,1-13H3,(H,69,79)(H,70,78)(H,71,80)(H3,67,68,82)/t42-,43+,46+,49-,50-,51-,54+,56-,57-,58-,59+/m0/s1. The van der Waals surface area contributed by atoms with Gasteiger partial charge in [0.25, 0.3) is 5.91 Å². The Labute approximate surface area is 528 Å². The summed E-state index contributed by atoms with van der Waals surface area (Å²) in [6.45, 7) is 17.3. The summed E-state index contributed by atoms with van der Waals surface area (Å²) in [5, 5.41) is 7.58. The van der Waals surface area contributed by atoms with Crippen molar-refractivity contribution in [2.75, 3.05) is 46.7 Å². The van der Waals surface area contributed by atoms with Crippen LogP contribution in [0.2, 0.25) is 0 Å². The number of Topliss-reactive ketones (excluding diaryl/α,β-unsaturated/α-hetero) is 2. The number of rotatable bonds is 38. The monoisotopic (exact) mass is 1270 g/mol. The first-order chi connectivity index (χ1) is 42.0. The summed E-state index contributed by atoms with van der Waals surface area (Å²) in [4.78, 5) is 128. The fraction of sp³-hybridized carbons (Fsp3) is 0.677. The Morgan fingerprint density at radius 2 is 1.38 bits per heavy atom. The topological polar surface area (TPSA) is 325 Å². The molecule has 1 saturated carbocycles. The molecule has 1 saturated heterocycles. The van der Waals surface area contributed by atoms with Crippen LogP contribution < -0.4 is 32.1 Å². The molecule has 4 rings (SSSR count). The van der Waals surface area contributed by atoms with E-state index in [9.17, 15) is 51.6 Å². The molecule has 0 radical (unpaired) electrons. The Morgan fingerprint density at radius 3 is 1.94 bits per heavy atom. The molecule has 2 aliphatic rings. The van der Waals surface area contributed by atoms with Crippen molar-refractivity contribution in [3.8, 4) is 0 Å². The molecule has 24 heteroatoms. The van der Waals surface area contributed by atoms with E-state index in [-0.39, 0.29) is 85.2 Å². The molecule has 2 aromatic rings. The van der Waals surface area contributed by atoms with Crippen LogP contribution in [0.25, 0.3) is 0 Å². The third-order valence-electron chi connectivity index (χ3n) is 17.6. The number of unbranched alkanes of at least 4 members (excludes halogenated alkanes) is 2. The van der Waals surface area contributed by atoms with Crippen molar-refractivity contribution in [2.45, 2.75) is 200 Å². The first-order valence-corrected chi connectivity index (χ1v) is 33.2. The van der Waals surface area contributed by atoms with Gasteiger partial charge in [0.05, 0.1) is 54.0 Å². The summed E-state index contributed by atoms with van der Waals surface area (Å²) in [6, 6.07) is 11.0. The van der Waals surface area contributed by atoms with Gasteiger partial charge >= 0.3 is 12.1 Å². The van der Waals surface area contributed by atoms with Gasteiger partial charge in [0.2, 0.25) is 33.7 Å². The van der Waals surface area contributed by atoms with E-state index in [1.54, 1.807) is 72.3 Å². The number of likely N-dealkylation sites (tertiary alicyclic amines) is 1. The van der Waals surface area contributed by atoms with Crippen LogP contribution in [0.4, 0.5) is 15.3 Å². The Kier molecular flexibility index (Phi) is 30.1. The maximum Gasteiger partial charge on any atom is 0.410 e. The minimum absolute atomic E-state index is 0.0234. The maximum absolute atomic E-state index is 14.9. The second-order valence-corrected chi connectivity index (χ2v) is 27.4. The molecule has 8 amide bonds. The number of nitrogens with two attached hydrogens (primary N) is 2. The molecule has 0 unspecified atom stereocenters. The molecular formula is C65H103N9O14S. The number of likely N-dealkylation sites (N-methyl/N-ethyl adjacent to an activating group) is 2. The number of sulfonamides is 1. The molecule has 2 fully saturated rings. The molecular weight excluding hydrogens is 1160 g/mol. The molecule has 0 spiro atoms. The van der Waals surface area contributed by atoms with Crippen molar-refractivity contribution < 1.29 is 65.8 Å². The average molecular weight is 1270 g/mol. The summed E-state index contributed by atoms with van der Waals surface area (Å²) < 4.78 is 45.6. The number of anilines is 1. The largest absolute Gasteiger partial charge is 0.445 e. The minimum atomic E-state index is -3.91. The van der Waals surface area contributed by atoms with Crippen LogP contribution in [0.1, 0.15) is 150 Å². The zero-order valence-corrected chi connectivity index (χ0v) is 55.6. The zero-order valence-electron chi connectivity index (χ0n) is 54.8.